The summed E-state index contributed by atoms with van der Waals surface area (Å²) in [6, 6.07) is 9.74. The number of nitrogens with zero attached hydrogens (tertiary/aromatic N) is 1. The molecule has 0 saturated carbocycles. The lowest BCUT2D eigenvalue weighted by Crippen LogP contribution is -2.18. The number of nitrogens with one attached hydrogen (secondary N) is 2. The van der Waals surface area contributed by atoms with Gasteiger partial charge in [0.2, 0.25) is 5.91 Å². The number of carbonyl (C=O) groups excluding carboxylic acids is 1. The molecule has 0 fully saturated rings. The van der Waals surface area contributed by atoms with Crippen LogP contribution < -0.4 is 10.1 Å². The molecule has 4 N–H and O–H groups in total. The van der Waals surface area contributed by atoms with Crippen molar-refractivity contribution in [3.63, 3.8) is 0 Å². The number of sulfonamides is 1. The molecule has 0 aliphatic rings. The molecule has 2 aromatic rings. The molecule has 0 spiro atoms. The molecule has 9 heteroatoms. The largest absolute Gasteiger partial charge is 0.504 e. The number of phenolic OH excluding ortho intramolecular Hbond substituents is 2. The van der Waals surface area contributed by atoms with Gasteiger partial charge in [0.05, 0.1) is 11.1 Å². The maximum Gasteiger partial charge on any atom is 0.276 e. The number of para-hydroxylation sites is 1. The molecule has 0 aliphatic carbocycles. The fourth-order valence-electron chi connectivity index (χ4n) is 1.79. The molecule has 0 unspecified atom stereocenters. The highest BCUT2D eigenvalue weighted by Gasteiger charge is 2.12. The summed E-state index contributed by atoms with van der Waals surface area (Å²) < 4.78 is 24.2. The van der Waals surface area contributed by atoms with Crippen LogP contribution in [-0.4, -0.2) is 30.8 Å². The number of hydrazone groups is 1. The molecule has 0 radical (unpaired) electrons. The number of rotatable bonds is 5. The zero-order chi connectivity index (χ0) is 17.7. The summed E-state index contributed by atoms with van der Waals surface area (Å²) >= 11 is 0. The summed E-state index contributed by atoms with van der Waals surface area (Å²) in [6.45, 7) is 1.34. The van der Waals surface area contributed by atoms with Crippen molar-refractivity contribution in [1.82, 2.24) is 4.83 Å². The lowest BCUT2D eigenvalue weighted by molar-refractivity contribution is -0.114. The lowest BCUT2D eigenvalue weighted by atomic mass is 10.2. The van der Waals surface area contributed by atoms with E-state index in [1.54, 1.807) is 0 Å². The van der Waals surface area contributed by atoms with E-state index >= 15 is 0 Å². The normalized spacial score (nSPS) is 11.4. The third-order valence-electron chi connectivity index (χ3n) is 2.91. The second-order valence-electron chi connectivity index (χ2n) is 4.77. The number of anilines is 1. The highest BCUT2D eigenvalue weighted by atomic mass is 32.2. The first-order valence-electron chi connectivity index (χ1n) is 6.73. The molecular weight excluding hydrogens is 334 g/mol. The number of aromatic hydroxyl groups is 2. The Kier molecular flexibility index (Phi) is 5.05. The summed E-state index contributed by atoms with van der Waals surface area (Å²) in [7, 11) is -3.90. The van der Waals surface area contributed by atoms with E-state index in [9.17, 15) is 23.4 Å². The number of carbonyl (C=O) groups is 1. The van der Waals surface area contributed by atoms with Gasteiger partial charge in [0.25, 0.3) is 10.0 Å². The Hall–Kier alpha value is -3.07. The first-order valence-corrected chi connectivity index (χ1v) is 8.21. The number of benzene rings is 2. The fourth-order valence-corrected chi connectivity index (χ4v) is 2.58. The highest BCUT2D eigenvalue weighted by molar-refractivity contribution is 7.89. The van der Waals surface area contributed by atoms with E-state index in [0.29, 0.717) is 5.69 Å². The number of hydrogen-bond acceptors (Lipinski definition) is 6. The van der Waals surface area contributed by atoms with E-state index in [4.69, 9.17) is 0 Å². The number of phenols is 2. The fraction of sp³-hybridized carbons (Fsp3) is 0.0667. The zero-order valence-corrected chi connectivity index (χ0v) is 13.4. The molecule has 0 atom stereocenters. The van der Waals surface area contributed by atoms with Crippen LogP contribution in [0.2, 0.25) is 0 Å². The predicted molar refractivity (Wildman–Crippen MR) is 88.4 cm³/mol. The van der Waals surface area contributed by atoms with Crippen LogP contribution in [0.3, 0.4) is 0 Å². The minimum Gasteiger partial charge on any atom is -0.504 e. The Balaban J connectivity index is 2.12. The van der Waals surface area contributed by atoms with Crippen LogP contribution in [0.15, 0.2) is 52.5 Å². The van der Waals surface area contributed by atoms with Gasteiger partial charge in [-0.15, -0.1) is 0 Å². The topological polar surface area (TPSA) is 128 Å². The van der Waals surface area contributed by atoms with Gasteiger partial charge >= 0.3 is 0 Å². The molecule has 0 heterocycles. The predicted octanol–water partition coefficient (Wildman–Crippen LogP) is 1.37. The maximum absolute atomic E-state index is 12.1. The average molecular weight is 349 g/mol. The second kappa shape index (κ2) is 7.01. The number of amides is 1. The third-order valence-corrected chi connectivity index (χ3v) is 4.15. The minimum absolute atomic E-state index is 0.0473. The summed E-state index contributed by atoms with van der Waals surface area (Å²) in [4.78, 5) is 12.9. The molecule has 0 bridgehead atoms. The van der Waals surface area contributed by atoms with E-state index in [2.05, 4.69) is 10.4 Å². The van der Waals surface area contributed by atoms with E-state index in [1.807, 2.05) is 4.83 Å². The monoisotopic (exact) mass is 349 g/mol. The SMILES string of the molecule is CC(=O)Nc1ccc(S(=O)(=O)N/N=C/c2cccc(O)c2O)cc1. The van der Waals surface area contributed by atoms with Gasteiger partial charge in [-0.1, -0.05) is 6.07 Å². The van der Waals surface area contributed by atoms with Crippen LogP contribution in [0, 0.1) is 0 Å². The third kappa shape index (κ3) is 4.23. The van der Waals surface area contributed by atoms with Crippen molar-refractivity contribution in [2.75, 3.05) is 5.32 Å². The van der Waals surface area contributed by atoms with Gasteiger partial charge in [-0.2, -0.15) is 13.5 Å². The van der Waals surface area contributed by atoms with Crippen molar-refractivity contribution >= 4 is 27.8 Å². The quantitative estimate of drug-likeness (QED) is 0.368. The molecule has 0 aliphatic heterocycles. The van der Waals surface area contributed by atoms with Gasteiger partial charge in [0.15, 0.2) is 11.5 Å². The van der Waals surface area contributed by atoms with Crippen molar-refractivity contribution in [1.29, 1.82) is 0 Å². The van der Waals surface area contributed by atoms with Gasteiger partial charge in [0, 0.05) is 18.2 Å². The summed E-state index contributed by atoms with van der Waals surface area (Å²) in [5, 5.41) is 25.0. The van der Waals surface area contributed by atoms with E-state index < -0.39 is 15.8 Å². The first kappa shape index (κ1) is 17.3. The van der Waals surface area contributed by atoms with Crippen molar-refractivity contribution in [2.24, 2.45) is 5.10 Å². The van der Waals surface area contributed by atoms with Crippen molar-refractivity contribution in [3.05, 3.63) is 48.0 Å². The molecule has 1 amide bonds. The summed E-state index contributed by atoms with van der Waals surface area (Å²) in [6.07, 6.45) is 1.07. The number of hydrogen-bond donors (Lipinski definition) is 4. The van der Waals surface area contributed by atoms with Crippen LogP contribution in [-0.2, 0) is 14.8 Å². The molecule has 2 aromatic carbocycles. The molecule has 126 valence electrons. The van der Waals surface area contributed by atoms with E-state index in [0.717, 1.165) is 6.21 Å². The van der Waals surface area contributed by atoms with Crippen LogP contribution in [0.25, 0.3) is 0 Å². The zero-order valence-electron chi connectivity index (χ0n) is 12.6. The smallest absolute Gasteiger partial charge is 0.276 e. The second-order valence-corrected chi connectivity index (χ2v) is 6.43. The summed E-state index contributed by atoms with van der Waals surface area (Å²) in [5.74, 6) is -1.00. The summed E-state index contributed by atoms with van der Waals surface area (Å²) in [5.41, 5.74) is 0.619. The Morgan fingerprint density at radius 2 is 1.79 bits per heavy atom. The van der Waals surface area contributed by atoms with Crippen molar-refractivity contribution in [2.45, 2.75) is 11.8 Å². The van der Waals surface area contributed by atoms with Gasteiger partial charge in [-0.25, -0.2) is 4.83 Å². The molecule has 0 aromatic heterocycles. The highest BCUT2D eigenvalue weighted by Crippen LogP contribution is 2.26. The van der Waals surface area contributed by atoms with Crippen molar-refractivity contribution in [3.8, 4) is 11.5 Å². The van der Waals surface area contributed by atoms with Gasteiger partial charge in [-0.3, -0.25) is 4.79 Å². The first-order chi connectivity index (χ1) is 11.3. The van der Waals surface area contributed by atoms with Crippen LogP contribution >= 0.6 is 0 Å². The molecular formula is C15H15N3O5S. The lowest BCUT2D eigenvalue weighted by Gasteiger charge is -2.06. The Bertz CT molecular complexity index is 876. The Morgan fingerprint density at radius 1 is 1.12 bits per heavy atom. The van der Waals surface area contributed by atoms with E-state index in [1.165, 1.54) is 49.4 Å². The molecule has 2 rings (SSSR count). The van der Waals surface area contributed by atoms with Crippen molar-refractivity contribution < 1.29 is 23.4 Å². The maximum atomic E-state index is 12.1. The molecule has 24 heavy (non-hydrogen) atoms. The molecule has 0 saturated heterocycles. The van der Waals surface area contributed by atoms with Crippen LogP contribution in [0.1, 0.15) is 12.5 Å². The van der Waals surface area contributed by atoms with E-state index in [-0.39, 0.29) is 22.1 Å². The van der Waals surface area contributed by atoms with Gasteiger partial charge in [-0.05, 0) is 36.4 Å². The minimum atomic E-state index is -3.90. The standard InChI is InChI=1S/C15H15N3O5S/c1-10(19)17-12-5-7-13(8-6-12)24(22,23)18-16-9-11-3-2-4-14(20)15(11)21/h2-9,18,20-21H,1H3,(H,17,19)/b16-9+. The average Bonchev–Trinajstić information content (AvgIpc) is 2.51. The van der Waals surface area contributed by atoms with Gasteiger partial charge < -0.3 is 15.5 Å². The van der Waals surface area contributed by atoms with Gasteiger partial charge in [0.1, 0.15) is 0 Å². The Morgan fingerprint density at radius 3 is 2.42 bits per heavy atom. The molecule has 8 nitrogen and oxygen atoms in total. The Labute approximate surface area is 138 Å². The van der Waals surface area contributed by atoms with Crippen LogP contribution in [0.4, 0.5) is 5.69 Å². The van der Waals surface area contributed by atoms with Crippen LogP contribution in [0.5, 0.6) is 11.5 Å².